The Hall–Kier alpha value is -2.19. The Bertz CT molecular complexity index is 1000. The predicted octanol–water partition coefficient (Wildman–Crippen LogP) is 4.01. The molecule has 0 spiro atoms. The van der Waals surface area contributed by atoms with E-state index in [1.54, 1.807) is 0 Å². The van der Waals surface area contributed by atoms with Crippen LogP contribution in [0.25, 0.3) is 11.3 Å². The molecule has 0 aliphatic rings. The summed E-state index contributed by atoms with van der Waals surface area (Å²) >= 11 is 0. The van der Waals surface area contributed by atoms with Crippen molar-refractivity contribution in [3.63, 3.8) is 0 Å². The molecule has 0 radical (unpaired) electrons. The first kappa shape index (κ1) is 27.8. The highest BCUT2D eigenvalue weighted by molar-refractivity contribution is 7.95. The molecule has 0 bridgehead atoms. The maximum absolute atomic E-state index is 12.8. The summed E-state index contributed by atoms with van der Waals surface area (Å²) in [6, 6.07) is 7.79. The monoisotopic (exact) mass is 507 g/mol. The van der Waals surface area contributed by atoms with E-state index in [0.29, 0.717) is 17.4 Å². The van der Waals surface area contributed by atoms with Crippen LogP contribution in [0.2, 0.25) is 0 Å². The molecule has 2 rings (SSSR count). The number of halogens is 6. The van der Waals surface area contributed by atoms with E-state index in [9.17, 15) is 31.1 Å². The fourth-order valence-corrected chi connectivity index (χ4v) is 2.84. The van der Waals surface area contributed by atoms with Crippen molar-refractivity contribution in [2.75, 3.05) is 24.8 Å². The van der Waals surface area contributed by atoms with Gasteiger partial charge in [0.15, 0.2) is 15.9 Å². The van der Waals surface area contributed by atoms with Crippen LogP contribution in [0.15, 0.2) is 40.8 Å². The molecule has 1 amide bonds. The summed E-state index contributed by atoms with van der Waals surface area (Å²) in [6.07, 6.45) is 0.730. The van der Waals surface area contributed by atoms with Gasteiger partial charge in [-0.05, 0) is 35.2 Å². The summed E-state index contributed by atoms with van der Waals surface area (Å²) in [6.45, 7) is 0.545. The Balaban J connectivity index is 0.000000547. The van der Waals surface area contributed by atoms with Crippen LogP contribution >= 0.6 is 0 Å². The van der Waals surface area contributed by atoms with E-state index in [4.69, 9.17) is 17.4 Å². The Morgan fingerprint density at radius 3 is 2.19 bits per heavy atom. The SMILES string of the molecule is C[S+](C)CCCNC(=O)c1ccc(-c2cccc(C(F)(F)F)c2)o1.O=S(=O)([O-])C(F)(F)F. The number of furan rings is 1. The summed E-state index contributed by atoms with van der Waals surface area (Å²) in [7, 11) is -5.76. The van der Waals surface area contributed by atoms with Crippen molar-refractivity contribution < 1.29 is 48.5 Å². The molecule has 0 aliphatic heterocycles. The van der Waals surface area contributed by atoms with Crippen LogP contribution in [-0.4, -0.2) is 49.2 Å². The topological polar surface area (TPSA) is 99.4 Å². The minimum atomic E-state index is -6.09. The second-order valence-corrected chi connectivity index (χ2v) is 10.2. The Morgan fingerprint density at radius 1 is 1.09 bits per heavy atom. The fourth-order valence-electron chi connectivity index (χ4n) is 2.11. The van der Waals surface area contributed by atoms with Gasteiger partial charge >= 0.3 is 11.7 Å². The number of hydrogen-bond acceptors (Lipinski definition) is 5. The van der Waals surface area contributed by atoms with Crippen molar-refractivity contribution in [2.45, 2.75) is 18.1 Å². The zero-order valence-corrected chi connectivity index (χ0v) is 18.3. The van der Waals surface area contributed by atoms with Crippen LogP contribution in [0.3, 0.4) is 0 Å². The van der Waals surface area contributed by atoms with Crippen LogP contribution in [0.1, 0.15) is 22.5 Å². The Labute approximate surface area is 183 Å². The lowest BCUT2D eigenvalue weighted by atomic mass is 10.1. The van der Waals surface area contributed by atoms with Crippen molar-refractivity contribution in [1.82, 2.24) is 5.32 Å². The van der Waals surface area contributed by atoms with Gasteiger partial charge in [-0.15, -0.1) is 0 Å². The van der Waals surface area contributed by atoms with Crippen LogP contribution in [0, 0.1) is 0 Å². The highest BCUT2D eigenvalue weighted by Crippen LogP contribution is 2.32. The quantitative estimate of drug-likeness (QED) is 0.209. The first-order valence-corrected chi connectivity index (χ1v) is 12.3. The molecule has 0 fully saturated rings. The molecule has 2 aromatic rings. The van der Waals surface area contributed by atoms with Crippen molar-refractivity contribution in [1.29, 1.82) is 0 Å². The van der Waals surface area contributed by atoms with Gasteiger partial charge in [-0.3, -0.25) is 4.79 Å². The number of nitrogens with one attached hydrogen (secondary N) is 1. The average Bonchev–Trinajstić information content (AvgIpc) is 3.13. The van der Waals surface area contributed by atoms with E-state index in [1.165, 1.54) is 24.3 Å². The smallest absolute Gasteiger partial charge is 0.485 e. The molecule has 0 saturated carbocycles. The van der Waals surface area contributed by atoms with Crippen LogP contribution in [-0.2, 0) is 27.2 Å². The zero-order valence-electron chi connectivity index (χ0n) is 16.7. The Morgan fingerprint density at radius 2 is 1.69 bits per heavy atom. The zero-order chi connectivity index (χ0) is 24.7. The molecule has 180 valence electrons. The van der Waals surface area contributed by atoms with Crippen LogP contribution < -0.4 is 5.32 Å². The van der Waals surface area contributed by atoms with Gasteiger partial charge in [0.05, 0.1) is 18.1 Å². The maximum Gasteiger partial charge on any atom is 0.485 e. The lowest BCUT2D eigenvalue weighted by Gasteiger charge is -2.08. The average molecular weight is 507 g/mol. The van der Waals surface area contributed by atoms with Gasteiger partial charge in [-0.2, -0.15) is 26.3 Å². The molecule has 1 N–H and O–H groups in total. The minimum absolute atomic E-state index is 0.0920. The summed E-state index contributed by atoms with van der Waals surface area (Å²) < 4.78 is 103. The van der Waals surface area contributed by atoms with Gasteiger partial charge in [0.2, 0.25) is 0 Å². The predicted molar refractivity (Wildman–Crippen MR) is 106 cm³/mol. The molecule has 0 unspecified atom stereocenters. The highest BCUT2D eigenvalue weighted by atomic mass is 32.2. The number of rotatable bonds is 6. The van der Waals surface area contributed by atoms with Crippen LogP contribution in [0.4, 0.5) is 26.3 Å². The van der Waals surface area contributed by atoms with E-state index >= 15 is 0 Å². The van der Waals surface area contributed by atoms with E-state index < -0.39 is 27.4 Å². The number of carbonyl (C=O) groups excluding carboxylic acids is 1. The molecule has 6 nitrogen and oxygen atoms in total. The first-order chi connectivity index (χ1) is 14.5. The number of hydrogen-bond donors (Lipinski definition) is 1. The molecule has 1 aromatic carbocycles. The van der Waals surface area contributed by atoms with Gasteiger partial charge in [-0.25, -0.2) is 8.42 Å². The van der Waals surface area contributed by atoms with Crippen molar-refractivity contribution in [3.05, 3.63) is 47.7 Å². The second-order valence-electron chi connectivity index (χ2n) is 6.44. The van der Waals surface area contributed by atoms with Crippen molar-refractivity contribution in [3.8, 4) is 11.3 Å². The third kappa shape index (κ3) is 9.12. The lowest BCUT2D eigenvalue weighted by molar-refractivity contribution is -0.137. The molecular weight excluding hydrogens is 488 g/mol. The normalized spacial score (nSPS) is 12.3. The fraction of sp³-hybridized carbons (Fsp3) is 0.389. The van der Waals surface area contributed by atoms with Gasteiger partial charge in [-0.1, -0.05) is 12.1 Å². The van der Waals surface area contributed by atoms with Crippen molar-refractivity contribution in [2.24, 2.45) is 0 Å². The molecule has 1 heterocycles. The van der Waals surface area contributed by atoms with E-state index in [1.807, 2.05) is 0 Å². The summed E-state index contributed by atoms with van der Waals surface area (Å²) in [5, 5.41) is 2.75. The van der Waals surface area contributed by atoms with Gasteiger partial charge in [0, 0.05) is 18.5 Å². The Kier molecular flexibility index (Phi) is 9.66. The highest BCUT2D eigenvalue weighted by Gasteiger charge is 2.37. The number of amides is 1. The maximum atomic E-state index is 12.8. The summed E-state index contributed by atoms with van der Waals surface area (Å²) in [5.74, 6) is 0.998. The molecule has 32 heavy (non-hydrogen) atoms. The van der Waals surface area contributed by atoms with Crippen LogP contribution in [0.5, 0.6) is 0 Å². The van der Waals surface area contributed by atoms with E-state index in [0.717, 1.165) is 24.3 Å². The molecule has 14 heteroatoms. The summed E-state index contributed by atoms with van der Waals surface area (Å²) in [4.78, 5) is 12.0. The third-order valence-electron chi connectivity index (χ3n) is 3.60. The second kappa shape index (κ2) is 11.1. The van der Waals surface area contributed by atoms with Gasteiger partial charge in [0.1, 0.15) is 11.5 Å². The van der Waals surface area contributed by atoms with E-state index in [2.05, 4.69) is 17.8 Å². The number of benzene rings is 1. The minimum Gasteiger partial charge on any atom is -0.741 e. The molecule has 0 atom stereocenters. The molecule has 0 aliphatic carbocycles. The van der Waals surface area contributed by atoms with Crippen molar-refractivity contribution >= 4 is 26.9 Å². The lowest BCUT2D eigenvalue weighted by Crippen LogP contribution is -2.25. The van der Waals surface area contributed by atoms with Gasteiger partial charge < -0.3 is 14.3 Å². The standard InChI is InChI=1S/C17H18F3NO2S.CHF3O3S/c1-24(2)10-4-9-21-16(22)15-8-7-14(23-15)12-5-3-6-13(11-12)17(18,19)20;2-1(3,4)8(5,6)7/h3,5-8,11H,4,9-10H2,1-2H3;(H,5,6,7). The first-order valence-electron chi connectivity index (χ1n) is 8.64. The third-order valence-corrected chi connectivity index (χ3v) is 5.27. The van der Waals surface area contributed by atoms with Gasteiger partial charge in [0.25, 0.3) is 5.91 Å². The number of alkyl halides is 6. The summed E-state index contributed by atoms with van der Waals surface area (Å²) in [5.41, 5.74) is -6.12. The molecular formula is C18H19F6NO5S2. The van der Waals surface area contributed by atoms with E-state index in [-0.39, 0.29) is 23.0 Å². The number of carbonyl (C=O) groups is 1. The molecule has 1 aromatic heterocycles. The molecule has 0 saturated heterocycles. The largest absolute Gasteiger partial charge is 0.741 e.